The van der Waals surface area contributed by atoms with Crippen LogP contribution in [0.5, 0.6) is 0 Å². The van der Waals surface area contributed by atoms with E-state index in [0.29, 0.717) is 22.8 Å². The lowest BCUT2D eigenvalue weighted by molar-refractivity contribution is 0.0781. The minimum absolute atomic E-state index is 0.153. The molecule has 0 unspecified atom stereocenters. The molecule has 1 aliphatic rings. The molecule has 6 nitrogen and oxygen atoms in total. The van der Waals surface area contributed by atoms with Gasteiger partial charge in [-0.3, -0.25) is 4.79 Å². The Bertz CT molecular complexity index is 697. The number of carbonyl (C=O) groups is 1. The van der Waals surface area contributed by atoms with Crippen LogP contribution in [0.3, 0.4) is 0 Å². The minimum Gasteiger partial charge on any atom is -0.398 e. The maximum atomic E-state index is 12.4. The highest BCUT2D eigenvalue weighted by molar-refractivity contribution is 6.31. The van der Waals surface area contributed by atoms with Gasteiger partial charge in [0, 0.05) is 30.7 Å². The molecule has 0 saturated carbocycles. The van der Waals surface area contributed by atoms with Crippen molar-refractivity contribution in [3.63, 3.8) is 0 Å². The van der Waals surface area contributed by atoms with Gasteiger partial charge in [-0.2, -0.15) is 0 Å². The number of benzene rings is 1. The molecule has 0 aliphatic carbocycles. The molecule has 2 heterocycles. The normalized spacial score (nSPS) is 13.2. The van der Waals surface area contributed by atoms with Gasteiger partial charge in [0.2, 0.25) is 0 Å². The lowest BCUT2D eigenvalue weighted by Crippen LogP contribution is -2.28. The van der Waals surface area contributed by atoms with Gasteiger partial charge < -0.3 is 15.2 Å². The van der Waals surface area contributed by atoms with Crippen LogP contribution in [0.4, 0.5) is 5.69 Å². The van der Waals surface area contributed by atoms with Crippen LogP contribution in [0.1, 0.15) is 28.4 Å². The highest BCUT2D eigenvalue weighted by Gasteiger charge is 2.21. The maximum Gasteiger partial charge on any atom is 0.256 e. The molecule has 1 amide bonds. The molecule has 110 valence electrons. The summed E-state index contributed by atoms with van der Waals surface area (Å²) in [5, 5.41) is 8.82. The SMILES string of the molecule is CN(Cc1nnc2n1CCC2)C(=O)c1ccc(Cl)cc1N. The van der Waals surface area contributed by atoms with Crippen LogP contribution in [0.15, 0.2) is 18.2 Å². The second kappa shape index (κ2) is 5.37. The number of amides is 1. The Balaban J connectivity index is 1.78. The Labute approximate surface area is 127 Å². The van der Waals surface area contributed by atoms with Crippen molar-refractivity contribution in [3.05, 3.63) is 40.4 Å². The number of anilines is 1. The van der Waals surface area contributed by atoms with Crippen molar-refractivity contribution in [2.75, 3.05) is 12.8 Å². The number of halogens is 1. The highest BCUT2D eigenvalue weighted by Crippen LogP contribution is 2.20. The fraction of sp³-hybridized carbons (Fsp3) is 0.357. The average Bonchev–Trinajstić information content (AvgIpc) is 3.03. The van der Waals surface area contributed by atoms with Gasteiger partial charge in [-0.1, -0.05) is 11.6 Å². The van der Waals surface area contributed by atoms with Gasteiger partial charge in [0.05, 0.1) is 12.1 Å². The number of aromatic nitrogens is 3. The molecule has 1 aromatic carbocycles. The molecule has 1 aromatic heterocycles. The molecule has 0 fully saturated rings. The lowest BCUT2D eigenvalue weighted by Gasteiger charge is -2.18. The molecule has 21 heavy (non-hydrogen) atoms. The summed E-state index contributed by atoms with van der Waals surface area (Å²) in [5.41, 5.74) is 6.69. The highest BCUT2D eigenvalue weighted by atomic mass is 35.5. The van der Waals surface area contributed by atoms with Crippen molar-refractivity contribution in [1.82, 2.24) is 19.7 Å². The van der Waals surface area contributed by atoms with Crippen molar-refractivity contribution in [3.8, 4) is 0 Å². The summed E-state index contributed by atoms with van der Waals surface area (Å²) < 4.78 is 2.08. The van der Waals surface area contributed by atoms with E-state index in [9.17, 15) is 4.79 Å². The molecular formula is C14H16ClN5O. The van der Waals surface area contributed by atoms with E-state index in [-0.39, 0.29) is 5.91 Å². The van der Waals surface area contributed by atoms with Gasteiger partial charge in [0.1, 0.15) is 5.82 Å². The van der Waals surface area contributed by atoms with Gasteiger partial charge in [0.15, 0.2) is 5.82 Å². The number of hydrogen-bond acceptors (Lipinski definition) is 4. The number of nitrogen functional groups attached to an aromatic ring is 1. The van der Waals surface area contributed by atoms with Crippen LogP contribution in [-0.2, 0) is 19.5 Å². The predicted octanol–water partition coefficient (Wildman–Crippen LogP) is 1.73. The summed E-state index contributed by atoms with van der Waals surface area (Å²) in [6.45, 7) is 1.33. The Hall–Kier alpha value is -2.08. The third kappa shape index (κ3) is 2.58. The topological polar surface area (TPSA) is 77.0 Å². The third-order valence-electron chi connectivity index (χ3n) is 3.66. The number of hydrogen-bond donors (Lipinski definition) is 1. The zero-order valence-corrected chi connectivity index (χ0v) is 12.5. The number of rotatable bonds is 3. The summed E-state index contributed by atoms with van der Waals surface area (Å²) in [6, 6.07) is 4.88. The van der Waals surface area contributed by atoms with Crippen molar-refractivity contribution >= 4 is 23.2 Å². The second-order valence-electron chi connectivity index (χ2n) is 5.18. The van der Waals surface area contributed by atoms with E-state index in [1.54, 1.807) is 30.1 Å². The summed E-state index contributed by atoms with van der Waals surface area (Å²) >= 11 is 5.85. The quantitative estimate of drug-likeness (QED) is 0.876. The Morgan fingerprint density at radius 1 is 1.48 bits per heavy atom. The number of fused-ring (bicyclic) bond motifs is 1. The maximum absolute atomic E-state index is 12.4. The molecule has 2 N–H and O–H groups in total. The standard InChI is InChI=1S/C14H16ClN5O/c1-19(8-13-18-17-12-3-2-6-20(12)13)14(21)10-5-4-9(15)7-11(10)16/h4-5,7H,2-3,6,8,16H2,1H3. The van der Waals surface area contributed by atoms with E-state index >= 15 is 0 Å². The van der Waals surface area contributed by atoms with Gasteiger partial charge in [-0.25, -0.2) is 0 Å². The van der Waals surface area contributed by atoms with Gasteiger partial charge in [0.25, 0.3) is 5.91 Å². The number of nitrogens with two attached hydrogens (primary N) is 1. The summed E-state index contributed by atoms with van der Waals surface area (Å²) in [6.07, 6.45) is 2.04. The van der Waals surface area contributed by atoms with Crippen LogP contribution in [0.2, 0.25) is 5.02 Å². The summed E-state index contributed by atoms with van der Waals surface area (Å²) in [7, 11) is 1.73. The predicted molar refractivity (Wildman–Crippen MR) is 80.0 cm³/mol. The Kier molecular flexibility index (Phi) is 3.55. The molecule has 1 aliphatic heterocycles. The second-order valence-corrected chi connectivity index (χ2v) is 5.62. The minimum atomic E-state index is -0.153. The van der Waals surface area contributed by atoms with Gasteiger partial charge in [-0.15, -0.1) is 10.2 Å². The van der Waals surface area contributed by atoms with E-state index in [4.69, 9.17) is 17.3 Å². The lowest BCUT2D eigenvalue weighted by atomic mass is 10.1. The molecule has 7 heteroatoms. The van der Waals surface area contributed by atoms with Crippen LogP contribution >= 0.6 is 11.6 Å². The fourth-order valence-electron chi connectivity index (χ4n) is 2.55. The molecular weight excluding hydrogens is 290 g/mol. The first-order valence-corrected chi connectivity index (χ1v) is 7.15. The third-order valence-corrected chi connectivity index (χ3v) is 3.89. The van der Waals surface area contributed by atoms with Crippen molar-refractivity contribution in [1.29, 1.82) is 0 Å². The van der Waals surface area contributed by atoms with Crippen LogP contribution < -0.4 is 5.73 Å². The smallest absolute Gasteiger partial charge is 0.256 e. The Morgan fingerprint density at radius 3 is 3.05 bits per heavy atom. The number of aryl methyl sites for hydroxylation is 1. The first-order chi connectivity index (χ1) is 10.1. The molecule has 3 rings (SSSR count). The van der Waals surface area contributed by atoms with Gasteiger partial charge >= 0.3 is 0 Å². The van der Waals surface area contributed by atoms with Crippen molar-refractivity contribution in [2.24, 2.45) is 0 Å². The van der Waals surface area contributed by atoms with E-state index in [1.165, 1.54) is 0 Å². The summed E-state index contributed by atoms with van der Waals surface area (Å²) in [4.78, 5) is 14.0. The van der Waals surface area contributed by atoms with E-state index in [1.807, 2.05) is 0 Å². The monoisotopic (exact) mass is 305 g/mol. The number of carbonyl (C=O) groups excluding carboxylic acids is 1. The van der Waals surface area contributed by atoms with Crippen LogP contribution in [0.25, 0.3) is 0 Å². The molecule has 0 bridgehead atoms. The first kappa shape index (κ1) is 13.9. The van der Waals surface area contributed by atoms with Gasteiger partial charge in [-0.05, 0) is 24.6 Å². The van der Waals surface area contributed by atoms with E-state index < -0.39 is 0 Å². The van der Waals surface area contributed by atoms with Crippen LogP contribution in [0, 0.1) is 0 Å². The fourth-order valence-corrected chi connectivity index (χ4v) is 2.73. The van der Waals surface area contributed by atoms with Crippen molar-refractivity contribution in [2.45, 2.75) is 25.9 Å². The molecule has 0 saturated heterocycles. The summed E-state index contributed by atoms with van der Waals surface area (Å²) in [5.74, 6) is 1.65. The molecule has 2 aromatic rings. The zero-order valence-electron chi connectivity index (χ0n) is 11.7. The van der Waals surface area contributed by atoms with E-state index in [2.05, 4.69) is 14.8 Å². The zero-order chi connectivity index (χ0) is 15.0. The molecule has 0 atom stereocenters. The molecule has 0 spiro atoms. The number of nitrogens with zero attached hydrogens (tertiary/aromatic N) is 4. The van der Waals surface area contributed by atoms with Crippen molar-refractivity contribution < 1.29 is 4.79 Å². The van der Waals surface area contributed by atoms with Crippen LogP contribution in [-0.4, -0.2) is 32.6 Å². The largest absolute Gasteiger partial charge is 0.398 e. The average molecular weight is 306 g/mol. The Morgan fingerprint density at radius 2 is 2.29 bits per heavy atom. The van der Waals surface area contributed by atoms with E-state index in [0.717, 1.165) is 31.0 Å². The first-order valence-electron chi connectivity index (χ1n) is 6.77. The molecule has 0 radical (unpaired) electrons.